The lowest BCUT2D eigenvalue weighted by atomic mass is 10.3. The Morgan fingerprint density at radius 2 is 2.08 bits per heavy atom. The molecule has 0 radical (unpaired) electrons. The van der Waals surface area contributed by atoms with Gasteiger partial charge >= 0.3 is 5.69 Å². The van der Waals surface area contributed by atoms with E-state index in [1.165, 1.54) is 16.2 Å². The third-order valence-electron chi connectivity index (χ3n) is 3.79. The van der Waals surface area contributed by atoms with Crippen molar-refractivity contribution in [3.05, 3.63) is 48.7 Å². The van der Waals surface area contributed by atoms with Crippen molar-refractivity contribution in [1.82, 2.24) is 19.1 Å². The van der Waals surface area contributed by atoms with Crippen molar-refractivity contribution < 1.29 is 9.84 Å². The number of ether oxygens (including phenoxy) is 1. The first kappa shape index (κ1) is 18.4. The fourth-order valence-electron chi connectivity index (χ4n) is 2.51. The third-order valence-corrected chi connectivity index (χ3v) is 4.50. The number of halogens is 1. The van der Waals surface area contributed by atoms with Crippen LogP contribution in [-0.4, -0.2) is 36.9 Å². The van der Waals surface area contributed by atoms with Gasteiger partial charge in [0.15, 0.2) is 11.2 Å². The number of aromatic nitrogens is 4. The summed E-state index contributed by atoms with van der Waals surface area (Å²) in [6.07, 6.45) is -0.935. The van der Waals surface area contributed by atoms with Gasteiger partial charge in [-0.1, -0.05) is 0 Å². The average molecular weight is 472 g/mol. The van der Waals surface area contributed by atoms with Crippen LogP contribution >= 0.6 is 22.6 Å². The van der Waals surface area contributed by atoms with E-state index in [-0.39, 0.29) is 30.3 Å². The number of aromatic amines is 1. The molecule has 3 rings (SSSR count). The molecule has 10 nitrogen and oxygen atoms in total. The average Bonchev–Trinajstić information content (AvgIpc) is 2.98. The van der Waals surface area contributed by atoms with Gasteiger partial charge in [-0.25, -0.2) is 10.6 Å². The van der Waals surface area contributed by atoms with E-state index in [1.807, 2.05) is 12.1 Å². The monoisotopic (exact) mass is 472 g/mol. The van der Waals surface area contributed by atoms with Gasteiger partial charge in [0, 0.05) is 10.6 Å². The smallest absolute Gasteiger partial charge is 0.329 e. The minimum atomic E-state index is -0.935. The van der Waals surface area contributed by atoms with Gasteiger partial charge in [-0.05, 0) is 46.9 Å². The zero-order valence-corrected chi connectivity index (χ0v) is 15.9. The molecule has 0 aliphatic rings. The lowest BCUT2D eigenvalue weighted by Crippen LogP contribution is -2.31. The Hall–Kier alpha value is -2.38. The molecule has 1 aromatic carbocycles. The first-order valence-electron chi connectivity index (χ1n) is 7.63. The van der Waals surface area contributed by atoms with E-state index in [4.69, 9.17) is 10.6 Å². The van der Waals surface area contributed by atoms with Crippen LogP contribution in [0, 0.1) is 3.57 Å². The number of aliphatic hydroxyl groups excluding tert-OH is 1. The normalized spacial score (nSPS) is 12.3. The Labute approximate surface area is 160 Å². The second-order valence-electron chi connectivity index (χ2n) is 5.60. The number of nitrogens with zero attached hydrogens (tertiary/aromatic N) is 3. The number of anilines is 1. The number of imidazole rings is 1. The van der Waals surface area contributed by atoms with Crippen LogP contribution in [0.4, 0.5) is 5.95 Å². The van der Waals surface area contributed by atoms with Crippen molar-refractivity contribution in [1.29, 1.82) is 0 Å². The molecule has 1 unspecified atom stereocenters. The summed E-state index contributed by atoms with van der Waals surface area (Å²) in [5, 5.41) is 10.3. The van der Waals surface area contributed by atoms with Crippen LogP contribution in [0.1, 0.15) is 0 Å². The molecule has 0 spiro atoms. The summed E-state index contributed by atoms with van der Waals surface area (Å²) >= 11 is 2.19. The van der Waals surface area contributed by atoms with Gasteiger partial charge < -0.3 is 14.4 Å². The Balaban J connectivity index is 1.85. The zero-order chi connectivity index (χ0) is 18.8. The highest BCUT2D eigenvalue weighted by Crippen LogP contribution is 2.16. The Morgan fingerprint density at radius 1 is 1.38 bits per heavy atom. The van der Waals surface area contributed by atoms with Crippen molar-refractivity contribution in [2.24, 2.45) is 12.9 Å². The van der Waals surface area contributed by atoms with Crippen LogP contribution in [0.15, 0.2) is 33.9 Å². The van der Waals surface area contributed by atoms with Crippen molar-refractivity contribution in [2.75, 3.05) is 12.0 Å². The van der Waals surface area contributed by atoms with E-state index in [2.05, 4.69) is 38.0 Å². The summed E-state index contributed by atoms with van der Waals surface area (Å²) in [5.74, 6) is 6.24. The molecule has 0 saturated heterocycles. The molecule has 11 heteroatoms. The molecule has 5 N–H and O–H groups in total. The number of aliphatic hydroxyl groups is 1. The lowest BCUT2D eigenvalue weighted by Gasteiger charge is -2.15. The highest BCUT2D eigenvalue weighted by Gasteiger charge is 2.19. The van der Waals surface area contributed by atoms with Crippen molar-refractivity contribution >= 4 is 39.7 Å². The number of nitrogens with one attached hydrogen (secondary N) is 2. The van der Waals surface area contributed by atoms with Crippen LogP contribution in [0.3, 0.4) is 0 Å². The summed E-state index contributed by atoms with van der Waals surface area (Å²) in [6.45, 7) is 0.00955. The summed E-state index contributed by atoms with van der Waals surface area (Å²) in [6, 6.07) is 7.38. The van der Waals surface area contributed by atoms with Crippen LogP contribution in [0.2, 0.25) is 0 Å². The molecule has 1 atom stereocenters. The molecule has 3 aromatic rings. The summed E-state index contributed by atoms with van der Waals surface area (Å²) in [7, 11) is 1.48. The maximum absolute atomic E-state index is 12.2. The summed E-state index contributed by atoms with van der Waals surface area (Å²) in [5.41, 5.74) is 1.48. The highest BCUT2D eigenvalue weighted by atomic mass is 127. The first-order valence-corrected chi connectivity index (χ1v) is 8.71. The minimum absolute atomic E-state index is 0.00167. The second kappa shape index (κ2) is 7.47. The number of benzene rings is 1. The number of nitrogens with two attached hydrogens (primary N) is 1. The lowest BCUT2D eigenvalue weighted by molar-refractivity contribution is 0.0938. The van der Waals surface area contributed by atoms with Gasteiger partial charge in [-0.3, -0.25) is 19.8 Å². The number of aryl methyl sites for hydroxylation is 1. The highest BCUT2D eigenvalue weighted by molar-refractivity contribution is 14.1. The Morgan fingerprint density at radius 3 is 2.73 bits per heavy atom. The van der Waals surface area contributed by atoms with Gasteiger partial charge in [0.2, 0.25) is 5.95 Å². The predicted molar refractivity (Wildman–Crippen MR) is 104 cm³/mol. The minimum Gasteiger partial charge on any atom is -0.491 e. The molecule has 0 aliphatic heterocycles. The Bertz CT molecular complexity index is 1040. The van der Waals surface area contributed by atoms with Crippen LogP contribution < -0.4 is 27.3 Å². The van der Waals surface area contributed by atoms with Gasteiger partial charge in [0.05, 0.1) is 6.54 Å². The van der Waals surface area contributed by atoms with Crippen LogP contribution in [0.5, 0.6) is 5.75 Å². The molecule has 26 heavy (non-hydrogen) atoms. The first-order chi connectivity index (χ1) is 12.4. The predicted octanol–water partition coefficient (Wildman–Crippen LogP) is -0.247. The van der Waals surface area contributed by atoms with Crippen LogP contribution in [-0.2, 0) is 13.6 Å². The third kappa shape index (κ3) is 3.59. The van der Waals surface area contributed by atoms with Crippen molar-refractivity contribution in [3.8, 4) is 5.75 Å². The molecule has 0 fully saturated rings. The Kier molecular flexibility index (Phi) is 5.29. The zero-order valence-electron chi connectivity index (χ0n) is 13.8. The van der Waals surface area contributed by atoms with Gasteiger partial charge in [0.1, 0.15) is 18.5 Å². The van der Waals surface area contributed by atoms with E-state index in [0.29, 0.717) is 5.75 Å². The molecule has 0 amide bonds. The van der Waals surface area contributed by atoms with Gasteiger partial charge in [0.25, 0.3) is 5.56 Å². The standard InChI is InChI=1S/C15H17IN6O4/c1-21-12-11(13(24)19-15(21)25)22(14(18-12)20-17)6-9(23)7-26-10-4-2-8(16)3-5-10/h2-5,9,23H,6-7,17H2,1H3,(H,18,20)(H,19,24,25). The topological polar surface area (TPSA) is 140 Å². The second-order valence-corrected chi connectivity index (χ2v) is 6.85. The fraction of sp³-hybridized carbons (Fsp3) is 0.267. The number of rotatable bonds is 6. The van der Waals surface area contributed by atoms with Crippen LogP contribution in [0.25, 0.3) is 11.2 Å². The SMILES string of the molecule is Cn1c(=O)[nH]c(=O)c2c1nc(NN)n2CC(O)COc1ccc(I)cc1. The van der Waals surface area contributed by atoms with E-state index < -0.39 is 17.4 Å². The number of nitrogen functional groups attached to an aromatic ring is 1. The van der Waals surface area contributed by atoms with Gasteiger partial charge in [-0.2, -0.15) is 4.98 Å². The van der Waals surface area contributed by atoms with E-state index in [9.17, 15) is 14.7 Å². The van der Waals surface area contributed by atoms with E-state index in [1.54, 1.807) is 12.1 Å². The molecule has 0 saturated carbocycles. The molecule has 2 heterocycles. The van der Waals surface area contributed by atoms with Crippen molar-refractivity contribution in [2.45, 2.75) is 12.6 Å². The molecular formula is C15H17IN6O4. The fourth-order valence-corrected chi connectivity index (χ4v) is 2.87. The number of H-pyrrole nitrogens is 1. The van der Waals surface area contributed by atoms with Gasteiger partial charge in [-0.15, -0.1) is 0 Å². The molecule has 0 aliphatic carbocycles. The maximum atomic E-state index is 12.2. The summed E-state index contributed by atoms with van der Waals surface area (Å²) in [4.78, 5) is 30.2. The number of hydrogen-bond acceptors (Lipinski definition) is 7. The van der Waals surface area contributed by atoms with E-state index in [0.717, 1.165) is 3.57 Å². The molecular weight excluding hydrogens is 455 g/mol. The number of fused-ring (bicyclic) bond motifs is 1. The quantitative estimate of drug-likeness (QED) is 0.221. The number of hydrogen-bond donors (Lipinski definition) is 4. The maximum Gasteiger partial charge on any atom is 0.329 e. The molecule has 2 aromatic heterocycles. The number of hydrazine groups is 1. The largest absolute Gasteiger partial charge is 0.491 e. The van der Waals surface area contributed by atoms with E-state index >= 15 is 0 Å². The molecule has 138 valence electrons. The summed E-state index contributed by atoms with van der Waals surface area (Å²) < 4.78 is 9.23. The van der Waals surface area contributed by atoms with Crippen molar-refractivity contribution in [3.63, 3.8) is 0 Å². The molecule has 0 bridgehead atoms.